The van der Waals surface area contributed by atoms with Crippen LogP contribution in [0.25, 0.3) is 10.1 Å². The van der Waals surface area contributed by atoms with E-state index in [2.05, 4.69) is 51.2 Å². The third-order valence-electron chi connectivity index (χ3n) is 1.72. The number of fused-ring (bicyclic) bond motifs is 1. The summed E-state index contributed by atoms with van der Waals surface area (Å²) >= 11 is 6.28. The highest BCUT2D eigenvalue weighted by molar-refractivity contribution is 14.1. The third-order valence-corrected chi connectivity index (χ3v) is 4.45. The molecule has 0 fully saturated rings. The van der Waals surface area contributed by atoms with Crippen LogP contribution in [-0.4, -0.2) is 6.29 Å². The lowest BCUT2D eigenvalue weighted by Gasteiger charge is -1.95. The van der Waals surface area contributed by atoms with Crippen molar-refractivity contribution in [1.82, 2.24) is 0 Å². The lowest BCUT2D eigenvalue weighted by atomic mass is 10.2. The maximum atomic E-state index is 10.6. The zero-order chi connectivity index (χ0) is 9.42. The van der Waals surface area contributed by atoms with Gasteiger partial charge >= 0.3 is 0 Å². The number of carbonyl (C=O) groups is 1. The van der Waals surface area contributed by atoms with Crippen LogP contribution in [0.1, 0.15) is 10.4 Å². The van der Waals surface area contributed by atoms with Crippen molar-refractivity contribution in [3.63, 3.8) is 0 Å². The fourth-order valence-corrected chi connectivity index (χ4v) is 4.03. The quantitative estimate of drug-likeness (QED) is 0.511. The van der Waals surface area contributed by atoms with Crippen LogP contribution in [0.2, 0.25) is 0 Å². The second kappa shape index (κ2) is 3.82. The Balaban J connectivity index is 2.82. The van der Waals surface area contributed by atoms with Gasteiger partial charge in [0.15, 0.2) is 0 Å². The van der Waals surface area contributed by atoms with E-state index in [1.54, 1.807) is 11.3 Å². The van der Waals surface area contributed by atoms with E-state index < -0.39 is 0 Å². The van der Waals surface area contributed by atoms with Crippen molar-refractivity contribution in [2.24, 2.45) is 0 Å². The maximum absolute atomic E-state index is 10.6. The Morgan fingerprint density at radius 3 is 2.69 bits per heavy atom. The number of halogens is 2. The average Bonchev–Trinajstić information content (AvgIpc) is 2.46. The number of rotatable bonds is 1. The topological polar surface area (TPSA) is 17.1 Å². The van der Waals surface area contributed by atoms with Crippen molar-refractivity contribution in [2.75, 3.05) is 0 Å². The van der Waals surface area contributed by atoms with Gasteiger partial charge in [-0.15, -0.1) is 11.3 Å². The number of hydrogen-bond acceptors (Lipinski definition) is 2. The van der Waals surface area contributed by atoms with E-state index in [4.69, 9.17) is 0 Å². The summed E-state index contributed by atoms with van der Waals surface area (Å²) in [5.41, 5.74) is 0.759. The van der Waals surface area contributed by atoms with Gasteiger partial charge in [0.2, 0.25) is 0 Å². The molecule has 0 amide bonds. The zero-order valence-corrected chi connectivity index (χ0v) is 11.5. The lowest BCUT2D eigenvalue weighted by molar-refractivity contribution is 0.112. The zero-order valence-electron chi connectivity index (χ0n) is 6.38. The third kappa shape index (κ3) is 1.89. The van der Waals surface area contributed by atoms with Crippen molar-refractivity contribution in [2.45, 2.75) is 0 Å². The van der Waals surface area contributed by atoms with E-state index in [1.807, 2.05) is 12.1 Å². The summed E-state index contributed by atoms with van der Waals surface area (Å²) in [5.74, 6) is 0. The summed E-state index contributed by atoms with van der Waals surface area (Å²) in [6, 6.07) is 6.01. The second-order valence-electron chi connectivity index (χ2n) is 2.58. The number of carbonyl (C=O) groups excluding carboxylic acids is 1. The molecule has 66 valence electrons. The molecule has 0 bridgehead atoms. The van der Waals surface area contributed by atoms with Gasteiger partial charge in [-0.2, -0.15) is 0 Å². The Morgan fingerprint density at radius 1 is 1.23 bits per heavy atom. The summed E-state index contributed by atoms with van der Waals surface area (Å²) in [6.45, 7) is 0. The van der Waals surface area contributed by atoms with Gasteiger partial charge < -0.3 is 0 Å². The highest BCUT2D eigenvalue weighted by Crippen LogP contribution is 2.30. The van der Waals surface area contributed by atoms with Crippen LogP contribution in [0.4, 0.5) is 0 Å². The summed E-state index contributed by atoms with van der Waals surface area (Å²) in [6.07, 6.45) is 0.897. The smallest absolute Gasteiger partial charge is 0.150 e. The van der Waals surface area contributed by atoms with Crippen molar-refractivity contribution in [3.8, 4) is 0 Å². The van der Waals surface area contributed by atoms with Crippen LogP contribution in [0, 0.1) is 6.45 Å². The maximum Gasteiger partial charge on any atom is 0.150 e. The summed E-state index contributed by atoms with van der Waals surface area (Å²) in [7, 11) is 0. The van der Waals surface area contributed by atoms with Crippen LogP contribution < -0.4 is 0 Å². The van der Waals surface area contributed by atoms with Crippen molar-refractivity contribution < 1.29 is 4.79 Å². The minimum Gasteiger partial charge on any atom is -0.298 e. The molecule has 0 aliphatic carbocycles. The Labute approximate surface area is 107 Å². The lowest BCUT2D eigenvalue weighted by Crippen LogP contribution is -1.80. The number of hydrogen-bond donors (Lipinski definition) is 0. The summed E-state index contributed by atoms with van der Waals surface area (Å²) < 4.78 is 3.60. The van der Waals surface area contributed by atoms with Crippen LogP contribution in [0.3, 0.4) is 0 Å². The number of thiophene rings is 1. The minimum atomic E-state index is 0.759. The van der Waals surface area contributed by atoms with E-state index in [-0.39, 0.29) is 0 Å². The largest absolute Gasteiger partial charge is 0.298 e. The first-order chi connectivity index (χ1) is 6.20. The molecule has 1 heterocycles. The second-order valence-corrected chi connectivity index (χ2v) is 6.72. The van der Waals surface area contributed by atoms with E-state index in [0.717, 1.165) is 15.4 Å². The van der Waals surface area contributed by atoms with Crippen molar-refractivity contribution in [1.29, 1.82) is 0 Å². The van der Waals surface area contributed by atoms with Gasteiger partial charge in [-0.05, 0) is 63.4 Å². The van der Waals surface area contributed by atoms with E-state index in [0.29, 0.717) is 0 Å². The number of aldehydes is 1. The molecule has 0 saturated heterocycles. The predicted molar refractivity (Wildman–Crippen MR) is 72.6 cm³/mol. The Kier molecular flexibility index (Phi) is 2.89. The molecule has 1 aromatic carbocycles. The van der Waals surface area contributed by atoms with Gasteiger partial charge in [-0.1, -0.05) is 0 Å². The van der Waals surface area contributed by atoms with Gasteiger partial charge in [0, 0.05) is 19.2 Å². The molecule has 2 aromatic rings. The Morgan fingerprint density at radius 2 is 2.00 bits per heavy atom. The van der Waals surface area contributed by atoms with Crippen LogP contribution in [0.5, 0.6) is 0 Å². The SMILES string of the molecule is O=Cc1cc(I)c2cc(I)sc2c1. The molecule has 13 heavy (non-hydrogen) atoms. The molecule has 0 N–H and O–H groups in total. The molecular weight excluding hydrogens is 410 g/mol. The summed E-state index contributed by atoms with van der Waals surface area (Å²) in [5, 5.41) is 1.25. The normalized spacial score (nSPS) is 10.6. The molecule has 0 radical (unpaired) electrons. The predicted octanol–water partition coefficient (Wildman–Crippen LogP) is 3.92. The van der Waals surface area contributed by atoms with E-state index in [1.165, 1.54) is 13.0 Å². The van der Waals surface area contributed by atoms with Gasteiger partial charge in [0.1, 0.15) is 6.29 Å². The molecule has 1 nitrogen and oxygen atoms in total. The number of benzene rings is 1. The molecule has 1 aromatic heterocycles. The molecule has 2 rings (SSSR count). The van der Waals surface area contributed by atoms with E-state index in [9.17, 15) is 4.79 Å². The monoisotopic (exact) mass is 414 g/mol. The molecule has 0 unspecified atom stereocenters. The average molecular weight is 414 g/mol. The van der Waals surface area contributed by atoms with Crippen LogP contribution in [-0.2, 0) is 0 Å². The van der Waals surface area contributed by atoms with Gasteiger partial charge in [-0.3, -0.25) is 4.79 Å². The Bertz CT molecular complexity index is 476. The molecule has 0 saturated carbocycles. The molecule has 4 heteroatoms. The van der Waals surface area contributed by atoms with Gasteiger partial charge in [0.05, 0.1) is 2.88 Å². The first-order valence-corrected chi connectivity index (χ1v) is 6.52. The highest BCUT2D eigenvalue weighted by atomic mass is 127. The first-order valence-electron chi connectivity index (χ1n) is 3.54. The van der Waals surface area contributed by atoms with Crippen molar-refractivity contribution >= 4 is 72.9 Å². The van der Waals surface area contributed by atoms with Gasteiger partial charge in [0.25, 0.3) is 0 Å². The molecule has 0 atom stereocenters. The molecule has 0 aliphatic heterocycles. The van der Waals surface area contributed by atoms with Crippen LogP contribution >= 0.6 is 56.5 Å². The summed E-state index contributed by atoms with van der Waals surface area (Å²) in [4.78, 5) is 10.6. The van der Waals surface area contributed by atoms with E-state index >= 15 is 0 Å². The van der Waals surface area contributed by atoms with Crippen LogP contribution in [0.15, 0.2) is 18.2 Å². The standard InChI is InChI=1S/C9H4I2OS/c10-7-1-5(4-12)2-8-6(7)3-9(11)13-8/h1-4H. The highest BCUT2D eigenvalue weighted by Gasteiger charge is 2.04. The Hall–Kier alpha value is 0.310. The van der Waals surface area contributed by atoms with Gasteiger partial charge in [-0.25, -0.2) is 0 Å². The fraction of sp³-hybridized carbons (Fsp3) is 0. The molecule has 0 aliphatic rings. The van der Waals surface area contributed by atoms with Crippen molar-refractivity contribution in [3.05, 3.63) is 30.2 Å². The minimum absolute atomic E-state index is 0.759. The molecular formula is C9H4I2OS. The molecule has 0 spiro atoms. The fourth-order valence-electron chi connectivity index (χ4n) is 1.15. The first kappa shape index (κ1) is 9.85.